The Bertz CT molecular complexity index is 177. The third-order valence-electron chi connectivity index (χ3n) is 2.49. The molecule has 84 valence electrons. The Labute approximate surface area is 86.4 Å². The van der Waals surface area contributed by atoms with Gasteiger partial charge in [0, 0.05) is 6.42 Å². The maximum Gasteiger partial charge on any atom is 0.163 e. The van der Waals surface area contributed by atoms with Crippen LogP contribution in [0.25, 0.3) is 0 Å². The first-order valence-corrected chi connectivity index (χ1v) is 5.46. The molecule has 1 N–H and O–H groups in total. The molecule has 0 bridgehead atoms. The van der Waals surface area contributed by atoms with Gasteiger partial charge in [-0.15, -0.1) is 0 Å². The number of ether oxygens (including phenoxy) is 2. The van der Waals surface area contributed by atoms with Crippen molar-refractivity contribution >= 4 is 0 Å². The lowest BCUT2D eigenvalue weighted by molar-refractivity contribution is -0.302. The van der Waals surface area contributed by atoms with E-state index in [1.165, 1.54) is 0 Å². The van der Waals surface area contributed by atoms with Gasteiger partial charge in [-0.25, -0.2) is 0 Å². The molecule has 1 rings (SSSR count). The molecule has 1 fully saturated rings. The number of aliphatic hydroxyl groups is 1. The molecular weight excluding hydrogens is 180 g/mol. The summed E-state index contributed by atoms with van der Waals surface area (Å²) < 4.78 is 11.5. The topological polar surface area (TPSA) is 38.7 Å². The SMILES string of the molecule is CC[C@@H]1C[C@H](C[C@@H](C)O)OC(C)(C)O1. The number of hydrogen-bond donors (Lipinski definition) is 1. The summed E-state index contributed by atoms with van der Waals surface area (Å²) in [4.78, 5) is 0. The lowest BCUT2D eigenvalue weighted by Gasteiger charge is -2.41. The van der Waals surface area contributed by atoms with E-state index in [1.54, 1.807) is 6.92 Å². The van der Waals surface area contributed by atoms with Crippen LogP contribution in [0.5, 0.6) is 0 Å². The Balaban J connectivity index is 2.52. The van der Waals surface area contributed by atoms with E-state index in [4.69, 9.17) is 9.47 Å². The van der Waals surface area contributed by atoms with Crippen LogP contribution in [0.2, 0.25) is 0 Å². The fraction of sp³-hybridized carbons (Fsp3) is 1.00. The summed E-state index contributed by atoms with van der Waals surface area (Å²) in [7, 11) is 0. The monoisotopic (exact) mass is 202 g/mol. The minimum atomic E-state index is -0.502. The molecule has 14 heavy (non-hydrogen) atoms. The van der Waals surface area contributed by atoms with Crippen molar-refractivity contribution in [2.24, 2.45) is 0 Å². The highest BCUT2D eigenvalue weighted by Gasteiger charge is 2.34. The molecule has 1 heterocycles. The first kappa shape index (κ1) is 12.0. The Hall–Kier alpha value is -0.120. The van der Waals surface area contributed by atoms with E-state index in [9.17, 15) is 5.11 Å². The standard InChI is InChI=1S/C11H22O3/c1-5-9-7-10(6-8(2)12)14-11(3,4)13-9/h8-10,12H,5-7H2,1-4H3/t8-,9-,10+/m1/s1. The van der Waals surface area contributed by atoms with E-state index in [0.29, 0.717) is 6.42 Å². The van der Waals surface area contributed by atoms with Gasteiger partial charge < -0.3 is 14.6 Å². The van der Waals surface area contributed by atoms with Crippen LogP contribution in [0, 0.1) is 0 Å². The second-order valence-corrected chi connectivity index (χ2v) is 4.61. The summed E-state index contributed by atoms with van der Waals surface area (Å²) in [5.74, 6) is -0.502. The highest BCUT2D eigenvalue weighted by molar-refractivity contribution is 4.76. The zero-order valence-electron chi connectivity index (χ0n) is 9.62. The molecule has 0 radical (unpaired) electrons. The molecule has 0 aromatic rings. The van der Waals surface area contributed by atoms with Crippen LogP contribution in [0.3, 0.4) is 0 Å². The maximum absolute atomic E-state index is 9.31. The van der Waals surface area contributed by atoms with Gasteiger partial charge in [0.05, 0.1) is 18.3 Å². The quantitative estimate of drug-likeness (QED) is 0.761. The molecule has 0 unspecified atom stereocenters. The zero-order chi connectivity index (χ0) is 10.8. The predicted molar refractivity (Wildman–Crippen MR) is 55.0 cm³/mol. The molecule has 1 aliphatic rings. The molecule has 0 aliphatic carbocycles. The predicted octanol–water partition coefficient (Wildman–Crippen LogP) is 2.08. The molecule has 0 saturated carbocycles. The second kappa shape index (κ2) is 4.60. The smallest absolute Gasteiger partial charge is 0.163 e. The summed E-state index contributed by atoms with van der Waals surface area (Å²) in [6, 6.07) is 0. The highest BCUT2D eigenvalue weighted by Crippen LogP contribution is 2.29. The molecule has 3 nitrogen and oxygen atoms in total. The van der Waals surface area contributed by atoms with Crippen molar-refractivity contribution in [1.82, 2.24) is 0 Å². The van der Waals surface area contributed by atoms with Crippen molar-refractivity contribution in [3.8, 4) is 0 Å². The maximum atomic E-state index is 9.31. The van der Waals surface area contributed by atoms with Gasteiger partial charge in [-0.05, 0) is 33.6 Å². The van der Waals surface area contributed by atoms with E-state index >= 15 is 0 Å². The number of aliphatic hydroxyl groups excluding tert-OH is 1. The van der Waals surface area contributed by atoms with Gasteiger partial charge >= 0.3 is 0 Å². The third kappa shape index (κ3) is 3.56. The van der Waals surface area contributed by atoms with Crippen molar-refractivity contribution in [3.63, 3.8) is 0 Å². The van der Waals surface area contributed by atoms with Gasteiger partial charge in [0.1, 0.15) is 0 Å². The first-order valence-electron chi connectivity index (χ1n) is 5.46. The molecule has 0 amide bonds. The van der Waals surface area contributed by atoms with E-state index in [1.807, 2.05) is 13.8 Å². The Morgan fingerprint density at radius 2 is 1.93 bits per heavy atom. The van der Waals surface area contributed by atoms with Gasteiger partial charge in [-0.1, -0.05) is 6.92 Å². The van der Waals surface area contributed by atoms with Crippen molar-refractivity contribution in [3.05, 3.63) is 0 Å². The summed E-state index contributed by atoms with van der Waals surface area (Å²) in [6.45, 7) is 7.78. The van der Waals surface area contributed by atoms with Gasteiger partial charge in [0.25, 0.3) is 0 Å². The summed E-state index contributed by atoms with van der Waals surface area (Å²) in [5, 5.41) is 9.31. The van der Waals surface area contributed by atoms with Gasteiger partial charge in [0.2, 0.25) is 0 Å². The van der Waals surface area contributed by atoms with Crippen LogP contribution in [0.4, 0.5) is 0 Å². The van der Waals surface area contributed by atoms with Gasteiger partial charge in [0.15, 0.2) is 5.79 Å². The summed E-state index contributed by atoms with van der Waals surface area (Å²) >= 11 is 0. The fourth-order valence-corrected chi connectivity index (χ4v) is 1.99. The van der Waals surface area contributed by atoms with Crippen LogP contribution in [0.15, 0.2) is 0 Å². The van der Waals surface area contributed by atoms with Crippen LogP contribution in [-0.2, 0) is 9.47 Å². The van der Waals surface area contributed by atoms with Crippen molar-refractivity contribution in [2.75, 3.05) is 0 Å². The molecule has 1 aliphatic heterocycles. The summed E-state index contributed by atoms with van der Waals surface area (Å²) in [5.41, 5.74) is 0. The average Bonchev–Trinajstić information content (AvgIpc) is 1.99. The number of hydrogen-bond acceptors (Lipinski definition) is 3. The average molecular weight is 202 g/mol. The second-order valence-electron chi connectivity index (χ2n) is 4.61. The van der Waals surface area contributed by atoms with Crippen LogP contribution < -0.4 is 0 Å². The molecule has 3 heteroatoms. The fourth-order valence-electron chi connectivity index (χ4n) is 1.99. The minimum absolute atomic E-state index is 0.128. The Kier molecular flexibility index (Phi) is 3.93. The molecule has 0 aromatic carbocycles. The van der Waals surface area contributed by atoms with E-state index in [0.717, 1.165) is 12.8 Å². The van der Waals surface area contributed by atoms with Crippen molar-refractivity contribution in [2.45, 2.75) is 71.1 Å². The highest BCUT2D eigenvalue weighted by atomic mass is 16.7. The van der Waals surface area contributed by atoms with Crippen LogP contribution >= 0.6 is 0 Å². The minimum Gasteiger partial charge on any atom is -0.393 e. The summed E-state index contributed by atoms with van der Waals surface area (Å²) in [6.07, 6.45) is 2.69. The molecule has 0 aromatic heterocycles. The molecule has 1 saturated heterocycles. The van der Waals surface area contributed by atoms with Gasteiger partial charge in [-0.3, -0.25) is 0 Å². The van der Waals surface area contributed by atoms with Gasteiger partial charge in [-0.2, -0.15) is 0 Å². The lowest BCUT2D eigenvalue weighted by Crippen LogP contribution is -2.45. The van der Waals surface area contributed by atoms with E-state index < -0.39 is 5.79 Å². The van der Waals surface area contributed by atoms with Crippen molar-refractivity contribution < 1.29 is 14.6 Å². The lowest BCUT2D eigenvalue weighted by atomic mass is 10.0. The van der Waals surface area contributed by atoms with Crippen molar-refractivity contribution in [1.29, 1.82) is 0 Å². The third-order valence-corrected chi connectivity index (χ3v) is 2.49. The normalized spacial score (nSPS) is 34.1. The van der Waals surface area contributed by atoms with E-state index in [-0.39, 0.29) is 18.3 Å². The van der Waals surface area contributed by atoms with E-state index in [2.05, 4.69) is 6.92 Å². The van der Waals surface area contributed by atoms with Crippen LogP contribution in [0.1, 0.15) is 47.0 Å². The zero-order valence-corrected chi connectivity index (χ0v) is 9.62. The number of rotatable bonds is 3. The molecule has 3 atom stereocenters. The Morgan fingerprint density at radius 1 is 1.36 bits per heavy atom. The van der Waals surface area contributed by atoms with Crippen LogP contribution in [-0.4, -0.2) is 29.2 Å². The molecule has 0 spiro atoms. The first-order chi connectivity index (χ1) is 6.43. The largest absolute Gasteiger partial charge is 0.393 e. The Morgan fingerprint density at radius 3 is 2.43 bits per heavy atom. The molecular formula is C11H22O3.